The summed E-state index contributed by atoms with van der Waals surface area (Å²) in [4.78, 5) is 28.2. The number of carbonyl (C=O) groups is 1. The van der Waals surface area contributed by atoms with E-state index in [-0.39, 0.29) is 23.1 Å². The molecule has 1 amide bonds. The minimum atomic E-state index is -0.314. The number of aromatic nitrogens is 1. The Kier molecular flexibility index (Phi) is 8.11. The van der Waals surface area contributed by atoms with Crippen LogP contribution in [-0.2, 0) is 17.8 Å². The van der Waals surface area contributed by atoms with Gasteiger partial charge in [0, 0.05) is 24.7 Å². The Morgan fingerprint density at radius 3 is 2.52 bits per heavy atom. The van der Waals surface area contributed by atoms with Crippen LogP contribution in [-0.4, -0.2) is 32.3 Å². The van der Waals surface area contributed by atoms with Crippen LogP contribution < -0.4 is 10.9 Å². The van der Waals surface area contributed by atoms with E-state index in [9.17, 15) is 14.9 Å². The van der Waals surface area contributed by atoms with Gasteiger partial charge in [-0.2, -0.15) is 5.26 Å². The second kappa shape index (κ2) is 10.8. The van der Waals surface area contributed by atoms with Gasteiger partial charge in [-0.05, 0) is 50.8 Å². The van der Waals surface area contributed by atoms with Gasteiger partial charge < -0.3 is 5.32 Å². The van der Waals surface area contributed by atoms with Crippen molar-refractivity contribution in [2.45, 2.75) is 53.1 Å². The first-order chi connectivity index (χ1) is 15.8. The lowest BCUT2D eigenvalue weighted by Gasteiger charge is -2.20. The predicted octanol–water partition coefficient (Wildman–Crippen LogP) is 4.70. The van der Waals surface area contributed by atoms with Crippen LogP contribution in [0, 0.1) is 18.3 Å². The number of hydrogen-bond acceptors (Lipinski definition) is 6. The maximum Gasteiger partial charge on any atom is 0.270 e. The topological polar surface area (TPSA) is 78.1 Å². The molecule has 1 aromatic carbocycles. The predicted molar refractivity (Wildman–Crippen MR) is 139 cm³/mol. The number of benzene rings is 1. The van der Waals surface area contributed by atoms with Crippen LogP contribution in [0.1, 0.15) is 49.4 Å². The highest BCUT2D eigenvalue weighted by atomic mass is 32.2. The zero-order valence-corrected chi connectivity index (χ0v) is 21.0. The molecule has 1 saturated heterocycles. The molecule has 0 aliphatic carbocycles. The molecule has 3 rings (SSSR count). The molecular formula is C25H28N4O2S2. The fourth-order valence-electron chi connectivity index (χ4n) is 3.82. The number of anilines is 1. The number of pyridine rings is 1. The molecule has 0 radical (unpaired) electrons. The number of carbonyl (C=O) groups excluding carboxylic acids is 1. The van der Waals surface area contributed by atoms with Gasteiger partial charge in [-0.15, -0.1) is 0 Å². The lowest BCUT2D eigenvalue weighted by molar-refractivity contribution is -0.123. The van der Waals surface area contributed by atoms with E-state index in [1.165, 1.54) is 17.3 Å². The van der Waals surface area contributed by atoms with E-state index < -0.39 is 0 Å². The number of rotatable bonds is 8. The average molecular weight is 481 g/mol. The maximum atomic E-state index is 13.1. The highest BCUT2D eigenvalue weighted by Crippen LogP contribution is 2.36. The minimum Gasteiger partial charge on any atom is -0.371 e. The van der Waals surface area contributed by atoms with Gasteiger partial charge in [0.2, 0.25) is 0 Å². The van der Waals surface area contributed by atoms with E-state index in [0.29, 0.717) is 39.3 Å². The molecule has 172 valence electrons. The molecular weight excluding hydrogens is 452 g/mol. The Hall–Kier alpha value is -2.89. The SMILES string of the molecule is CCCn1c(NCCc2ccccc2)c(/C=C2/SC(=S)N(C(C)C)C2=O)c(C)c(C#N)c1=O. The molecule has 0 spiro atoms. The minimum absolute atomic E-state index is 0.0447. The standard InChI is InChI=1S/C25H28N4O2S2/c1-5-13-28-22(27-12-11-18-9-7-6-8-10-18)19(17(4)20(15-26)23(28)30)14-21-24(31)29(16(2)3)25(32)33-21/h6-10,14,16,27H,5,11-13H2,1-4H3/b21-14+. The molecule has 1 aromatic heterocycles. The quantitative estimate of drug-likeness (QED) is 0.436. The number of nitriles is 1. The molecule has 0 bridgehead atoms. The Labute approximate surface area is 204 Å². The van der Waals surface area contributed by atoms with Crippen molar-refractivity contribution in [2.75, 3.05) is 11.9 Å². The number of nitrogens with one attached hydrogen (secondary N) is 1. The zero-order chi connectivity index (χ0) is 24.1. The summed E-state index contributed by atoms with van der Waals surface area (Å²) in [6, 6.07) is 12.1. The van der Waals surface area contributed by atoms with Crippen molar-refractivity contribution < 1.29 is 4.79 Å². The van der Waals surface area contributed by atoms with Gasteiger partial charge in [0.1, 0.15) is 21.8 Å². The first-order valence-electron chi connectivity index (χ1n) is 11.0. The molecule has 0 unspecified atom stereocenters. The van der Waals surface area contributed by atoms with Crippen molar-refractivity contribution in [3.63, 3.8) is 0 Å². The van der Waals surface area contributed by atoms with Gasteiger partial charge in [0.05, 0.1) is 4.91 Å². The summed E-state index contributed by atoms with van der Waals surface area (Å²) in [7, 11) is 0. The van der Waals surface area contributed by atoms with E-state index in [2.05, 4.69) is 23.5 Å². The van der Waals surface area contributed by atoms with E-state index in [4.69, 9.17) is 12.2 Å². The smallest absolute Gasteiger partial charge is 0.270 e. The van der Waals surface area contributed by atoms with Crippen molar-refractivity contribution in [2.24, 2.45) is 0 Å². The second-order valence-electron chi connectivity index (χ2n) is 8.14. The van der Waals surface area contributed by atoms with Crippen LogP contribution in [0.3, 0.4) is 0 Å². The summed E-state index contributed by atoms with van der Waals surface area (Å²) < 4.78 is 2.13. The first kappa shape index (κ1) is 24.7. The van der Waals surface area contributed by atoms with Crippen LogP contribution >= 0.6 is 24.0 Å². The van der Waals surface area contributed by atoms with Gasteiger partial charge in [-0.1, -0.05) is 61.2 Å². The summed E-state index contributed by atoms with van der Waals surface area (Å²) in [6.07, 6.45) is 3.28. The van der Waals surface area contributed by atoms with Crippen molar-refractivity contribution in [3.05, 3.63) is 67.8 Å². The maximum absolute atomic E-state index is 13.1. The van der Waals surface area contributed by atoms with Gasteiger partial charge in [-0.25, -0.2) is 0 Å². The number of thiocarbonyl (C=S) groups is 1. The Balaban J connectivity index is 2.10. The molecule has 33 heavy (non-hydrogen) atoms. The fraction of sp³-hybridized carbons (Fsp3) is 0.360. The molecule has 1 N–H and O–H groups in total. The molecule has 1 aliphatic rings. The summed E-state index contributed by atoms with van der Waals surface area (Å²) in [5, 5.41) is 13.1. The van der Waals surface area contributed by atoms with E-state index in [1.807, 2.05) is 39.0 Å². The second-order valence-corrected chi connectivity index (χ2v) is 9.81. The first-order valence-corrected chi connectivity index (χ1v) is 12.2. The molecule has 0 atom stereocenters. The van der Waals surface area contributed by atoms with Crippen LogP contribution in [0.2, 0.25) is 0 Å². The number of thioether (sulfide) groups is 1. The highest BCUT2D eigenvalue weighted by molar-refractivity contribution is 8.26. The van der Waals surface area contributed by atoms with Crippen LogP contribution in [0.25, 0.3) is 6.08 Å². The summed E-state index contributed by atoms with van der Waals surface area (Å²) in [6.45, 7) is 8.66. The summed E-state index contributed by atoms with van der Waals surface area (Å²) >= 11 is 6.67. The average Bonchev–Trinajstić information content (AvgIpc) is 3.07. The van der Waals surface area contributed by atoms with Gasteiger partial charge in [-0.3, -0.25) is 19.1 Å². The zero-order valence-electron chi connectivity index (χ0n) is 19.3. The summed E-state index contributed by atoms with van der Waals surface area (Å²) in [5.74, 6) is 0.477. The van der Waals surface area contributed by atoms with Crippen LogP contribution in [0.5, 0.6) is 0 Å². The van der Waals surface area contributed by atoms with Gasteiger partial charge in [0.25, 0.3) is 11.5 Å². The summed E-state index contributed by atoms with van der Waals surface area (Å²) in [5.41, 5.74) is 2.21. The van der Waals surface area contributed by atoms with Gasteiger partial charge >= 0.3 is 0 Å². The fourth-order valence-corrected chi connectivity index (χ4v) is 5.32. The number of hydrogen-bond donors (Lipinski definition) is 1. The van der Waals surface area contributed by atoms with E-state index in [0.717, 1.165) is 12.8 Å². The number of nitrogens with zero attached hydrogens (tertiary/aromatic N) is 3. The Morgan fingerprint density at radius 2 is 1.94 bits per heavy atom. The van der Waals surface area contributed by atoms with Crippen molar-refractivity contribution >= 4 is 46.1 Å². The lowest BCUT2D eigenvalue weighted by atomic mass is 10.0. The third-order valence-corrected chi connectivity index (χ3v) is 6.82. The molecule has 8 heteroatoms. The third kappa shape index (κ3) is 5.21. The van der Waals surface area contributed by atoms with Crippen molar-refractivity contribution in [3.8, 4) is 6.07 Å². The molecule has 2 aromatic rings. The molecule has 1 aliphatic heterocycles. The Bertz CT molecular complexity index is 1190. The molecule has 6 nitrogen and oxygen atoms in total. The third-order valence-electron chi connectivity index (χ3n) is 5.49. The van der Waals surface area contributed by atoms with Gasteiger partial charge in [0.15, 0.2) is 0 Å². The lowest BCUT2D eigenvalue weighted by Crippen LogP contribution is -2.34. The monoisotopic (exact) mass is 480 g/mol. The molecule has 0 saturated carbocycles. The number of amides is 1. The largest absolute Gasteiger partial charge is 0.371 e. The molecule has 2 heterocycles. The van der Waals surface area contributed by atoms with Crippen LogP contribution in [0.4, 0.5) is 5.82 Å². The normalized spacial score (nSPS) is 14.9. The van der Waals surface area contributed by atoms with E-state index >= 15 is 0 Å². The van der Waals surface area contributed by atoms with Crippen molar-refractivity contribution in [1.29, 1.82) is 5.26 Å². The van der Waals surface area contributed by atoms with Crippen LogP contribution in [0.15, 0.2) is 40.0 Å². The molecule has 1 fully saturated rings. The Morgan fingerprint density at radius 1 is 1.24 bits per heavy atom. The van der Waals surface area contributed by atoms with E-state index in [1.54, 1.807) is 22.5 Å². The highest BCUT2D eigenvalue weighted by Gasteiger charge is 2.34. The van der Waals surface area contributed by atoms with Crippen molar-refractivity contribution in [1.82, 2.24) is 9.47 Å².